The molecule has 1 aliphatic carbocycles. The first-order valence-corrected chi connectivity index (χ1v) is 7.22. The molecule has 0 bridgehead atoms. The Morgan fingerprint density at radius 3 is 2.67 bits per heavy atom. The van der Waals surface area contributed by atoms with Crippen LogP contribution in [0.25, 0.3) is 0 Å². The number of nitro groups is 1. The fourth-order valence-electron chi connectivity index (χ4n) is 3.02. The normalized spacial score (nSPS) is 25.1. The third-order valence-corrected chi connectivity index (χ3v) is 4.47. The second kappa shape index (κ2) is 6.13. The van der Waals surface area contributed by atoms with Gasteiger partial charge in [-0.05, 0) is 44.1 Å². The lowest BCUT2D eigenvalue weighted by Gasteiger charge is -2.34. The molecular weight excluding hydrogens is 268 g/mol. The molecule has 0 atom stereocenters. The Labute approximate surface area is 124 Å². The van der Waals surface area contributed by atoms with Gasteiger partial charge in [-0.15, -0.1) is 0 Å². The summed E-state index contributed by atoms with van der Waals surface area (Å²) >= 11 is 0. The summed E-state index contributed by atoms with van der Waals surface area (Å²) in [4.78, 5) is 10.5. The Bertz CT molecular complexity index is 569. The summed E-state index contributed by atoms with van der Waals surface area (Å²) in [5.41, 5.74) is 0.375. The highest BCUT2D eigenvalue weighted by Gasteiger charge is 2.35. The van der Waals surface area contributed by atoms with E-state index >= 15 is 0 Å². The van der Waals surface area contributed by atoms with Gasteiger partial charge in [0.25, 0.3) is 5.69 Å². The zero-order chi connectivity index (χ0) is 15.5. The van der Waals surface area contributed by atoms with E-state index < -0.39 is 10.3 Å². The van der Waals surface area contributed by atoms with Crippen LogP contribution >= 0.6 is 0 Å². The molecule has 0 heterocycles. The molecule has 2 rings (SSSR count). The predicted octanol–water partition coefficient (Wildman–Crippen LogP) is 3.87. The fourth-order valence-corrected chi connectivity index (χ4v) is 3.02. The van der Waals surface area contributed by atoms with Crippen molar-refractivity contribution in [1.29, 1.82) is 5.26 Å². The largest absolute Gasteiger partial charge is 0.496 e. The van der Waals surface area contributed by atoms with Gasteiger partial charge in [-0.3, -0.25) is 10.1 Å². The van der Waals surface area contributed by atoms with Crippen molar-refractivity contribution in [2.45, 2.75) is 39.0 Å². The molecule has 1 fully saturated rings. The molecule has 0 aromatic heterocycles. The van der Waals surface area contributed by atoms with Crippen molar-refractivity contribution in [3.8, 4) is 11.8 Å². The summed E-state index contributed by atoms with van der Waals surface area (Å²) in [5.74, 6) is 1.27. The molecule has 0 saturated heterocycles. The Hall–Kier alpha value is -2.09. The van der Waals surface area contributed by atoms with Crippen LogP contribution in [-0.2, 0) is 6.42 Å². The van der Waals surface area contributed by atoms with Gasteiger partial charge >= 0.3 is 0 Å². The summed E-state index contributed by atoms with van der Waals surface area (Å²) < 4.78 is 5.30. The van der Waals surface area contributed by atoms with E-state index in [0.29, 0.717) is 18.1 Å². The zero-order valence-electron chi connectivity index (χ0n) is 12.5. The fraction of sp³-hybridized carbons (Fsp3) is 0.562. The van der Waals surface area contributed by atoms with Crippen LogP contribution in [0.2, 0.25) is 0 Å². The van der Waals surface area contributed by atoms with Crippen molar-refractivity contribution < 1.29 is 9.66 Å². The maximum atomic E-state index is 10.9. The van der Waals surface area contributed by atoms with Crippen molar-refractivity contribution in [2.75, 3.05) is 7.11 Å². The molecule has 0 radical (unpaired) electrons. The molecular formula is C16H20N2O3. The van der Waals surface area contributed by atoms with Crippen LogP contribution < -0.4 is 4.74 Å². The van der Waals surface area contributed by atoms with Crippen LogP contribution in [0.4, 0.5) is 5.69 Å². The molecule has 0 spiro atoms. The number of non-ortho nitro benzene ring substituents is 1. The highest BCUT2D eigenvalue weighted by atomic mass is 16.6. The first kappa shape index (κ1) is 15.3. The molecule has 112 valence electrons. The Morgan fingerprint density at radius 2 is 2.14 bits per heavy atom. The van der Waals surface area contributed by atoms with Gasteiger partial charge in [0.2, 0.25) is 0 Å². The topological polar surface area (TPSA) is 76.2 Å². The maximum absolute atomic E-state index is 10.9. The number of rotatable bonds is 4. The number of nitriles is 1. The van der Waals surface area contributed by atoms with Gasteiger partial charge in [-0.2, -0.15) is 5.26 Å². The van der Waals surface area contributed by atoms with Gasteiger partial charge in [-0.1, -0.05) is 6.92 Å². The SMILES string of the molecule is COc1ccc([N+](=O)[O-])cc1CC1(C#N)CCC(C)CC1. The van der Waals surface area contributed by atoms with Crippen molar-refractivity contribution >= 4 is 5.69 Å². The van der Waals surface area contributed by atoms with E-state index in [1.807, 2.05) is 0 Å². The van der Waals surface area contributed by atoms with Gasteiger partial charge < -0.3 is 4.74 Å². The van der Waals surface area contributed by atoms with E-state index in [9.17, 15) is 15.4 Å². The maximum Gasteiger partial charge on any atom is 0.269 e. The van der Waals surface area contributed by atoms with Crippen molar-refractivity contribution in [2.24, 2.45) is 11.3 Å². The summed E-state index contributed by atoms with van der Waals surface area (Å²) in [6, 6.07) is 7.05. The van der Waals surface area contributed by atoms with Crippen molar-refractivity contribution in [3.63, 3.8) is 0 Å². The lowest BCUT2D eigenvalue weighted by atomic mass is 9.68. The minimum Gasteiger partial charge on any atom is -0.496 e. The van der Waals surface area contributed by atoms with Gasteiger partial charge in [0.15, 0.2) is 0 Å². The summed E-state index contributed by atoms with van der Waals surface area (Å²) in [7, 11) is 1.55. The Balaban J connectivity index is 2.30. The molecule has 21 heavy (non-hydrogen) atoms. The molecule has 0 N–H and O–H groups in total. The van der Waals surface area contributed by atoms with Gasteiger partial charge in [-0.25, -0.2) is 0 Å². The number of hydrogen-bond donors (Lipinski definition) is 0. The summed E-state index contributed by atoms with van der Waals surface area (Å²) in [6.07, 6.45) is 4.27. The smallest absolute Gasteiger partial charge is 0.269 e. The average molecular weight is 288 g/mol. The number of benzene rings is 1. The van der Waals surface area contributed by atoms with Gasteiger partial charge in [0.1, 0.15) is 5.75 Å². The first-order chi connectivity index (χ1) is 9.99. The molecule has 1 aromatic carbocycles. The van der Waals surface area contributed by atoms with Crippen LogP contribution in [0.1, 0.15) is 38.2 Å². The zero-order valence-corrected chi connectivity index (χ0v) is 12.5. The second-order valence-corrected chi connectivity index (χ2v) is 6.00. The lowest BCUT2D eigenvalue weighted by Crippen LogP contribution is -2.27. The number of nitrogens with zero attached hydrogens (tertiary/aromatic N) is 2. The van der Waals surface area contributed by atoms with E-state index in [0.717, 1.165) is 31.2 Å². The van der Waals surface area contributed by atoms with Crippen molar-refractivity contribution in [1.82, 2.24) is 0 Å². The van der Waals surface area contributed by atoms with Crippen LogP contribution in [0, 0.1) is 32.8 Å². The second-order valence-electron chi connectivity index (χ2n) is 6.00. The number of hydrogen-bond acceptors (Lipinski definition) is 4. The minimum absolute atomic E-state index is 0.0445. The predicted molar refractivity (Wildman–Crippen MR) is 79.0 cm³/mol. The molecule has 1 saturated carbocycles. The standard InChI is InChI=1S/C16H20N2O3/c1-12-5-7-16(11-17,8-6-12)10-13-9-14(18(19)20)3-4-15(13)21-2/h3-4,9,12H,5-8,10H2,1-2H3. The monoisotopic (exact) mass is 288 g/mol. The van der Waals surface area contributed by atoms with Crippen molar-refractivity contribution in [3.05, 3.63) is 33.9 Å². The molecule has 1 aliphatic rings. The van der Waals surface area contributed by atoms with E-state index in [1.54, 1.807) is 13.2 Å². The van der Waals surface area contributed by atoms with Gasteiger partial charge in [0, 0.05) is 17.7 Å². The summed E-state index contributed by atoms with van der Waals surface area (Å²) in [5, 5.41) is 20.5. The molecule has 0 amide bonds. The molecule has 5 nitrogen and oxygen atoms in total. The third kappa shape index (κ3) is 3.33. The van der Waals surface area contributed by atoms with Crippen LogP contribution in [0.15, 0.2) is 18.2 Å². The first-order valence-electron chi connectivity index (χ1n) is 7.22. The Kier molecular flexibility index (Phi) is 4.46. The van der Waals surface area contributed by atoms with Crippen LogP contribution in [-0.4, -0.2) is 12.0 Å². The number of methoxy groups -OCH3 is 1. The Morgan fingerprint density at radius 1 is 1.48 bits per heavy atom. The quantitative estimate of drug-likeness (QED) is 0.622. The molecule has 1 aromatic rings. The third-order valence-electron chi connectivity index (χ3n) is 4.47. The average Bonchev–Trinajstić information content (AvgIpc) is 2.49. The number of nitro benzene ring substituents is 1. The molecule has 0 aliphatic heterocycles. The van der Waals surface area contributed by atoms with E-state index in [-0.39, 0.29) is 5.69 Å². The highest BCUT2D eigenvalue weighted by Crippen LogP contribution is 2.42. The molecule has 0 unspecified atom stereocenters. The molecule has 5 heteroatoms. The van der Waals surface area contributed by atoms with Crippen LogP contribution in [0.3, 0.4) is 0 Å². The lowest BCUT2D eigenvalue weighted by molar-refractivity contribution is -0.384. The van der Waals surface area contributed by atoms with E-state index in [2.05, 4.69) is 13.0 Å². The highest BCUT2D eigenvalue weighted by molar-refractivity contribution is 5.44. The van der Waals surface area contributed by atoms with E-state index in [4.69, 9.17) is 4.74 Å². The van der Waals surface area contributed by atoms with Gasteiger partial charge in [0.05, 0.1) is 23.5 Å². The summed E-state index contributed by atoms with van der Waals surface area (Å²) in [6.45, 7) is 2.20. The van der Waals surface area contributed by atoms with E-state index in [1.165, 1.54) is 12.1 Å². The number of ether oxygens (including phenoxy) is 1. The minimum atomic E-state index is -0.422. The van der Waals surface area contributed by atoms with Crippen LogP contribution in [0.5, 0.6) is 5.75 Å².